The van der Waals surface area contributed by atoms with Crippen LogP contribution in [0.3, 0.4) is 0 Å². The van der Waals surface area contributed by atoms with Gasteiger partial charge in [0.2, 0.25) is 5.16 Å². The van der Waals surface area contributed by atoms with Gasteiger partial charge in [0.05, 0.1) is 0 Å². The summed E-state index contributed by atoms with van der Waals surface area (Å²) in [6.45, 7) is 0. The van der Waals surface area contributed by atoms with Crippen LogP contribution in [-0.2, 0) is 7.05 Å². The van der Waals surface area contributed by atoms with Crippen molar-refractivity contribution in [2.24, 2.45) is 7.05 Å². The van der Waals surface area contributed by atoms with Crippen LogP contribution in [0.2, 0.25) is 0 Å². The maximum atomic E-state index is 3.88. The molecule has 2 aromatic heterocycles. The monoisotopic (exact) mass is 258 g/mol. The molecule has 0 bridgehead atoms. The summed E-state index contributed by atoms with van der Waals surface area (Å²) in [4.78, 5) is 0. The van der Waals surface area contributed by atoms with Crippen LogP contribution in [0.15, 0.2) is 11.5 Å². The molecule has 0 amide bonds. The van der Waals surface area contributed by atoms with Crippen molar-refractivity contribution in [3.8, 4) is 0 Å². The zero-order valence-corrected chi connectivity index (χ0v) is 10.2. The van der Waals surface area contributed by atoms with Gasteiger partial charge in [-0.2, -0.15) is 4.09 Å². The van der Waals surface area contributed by atoms with Crippen LogP contribution in [0.25, 0.3) is 0 Å². The number of nitrogens with zero attached hydrogens (tertiary/aromatic N) is 8. The Bertz CT molecular complexity index is 412. The van der Waals surface area contributed by atoms with Gasteiger partial charge >= 0.3 is 0 Å². The Hall–Kier alpha value is -1.16. The van der Waals surface area contributed by atoms with Gasteiger partial charge < -0.3 is 0 Å². The van der Waals surface area contributed by atoms with E-state index in [-0.39, 0.29) is 0 Å². The molecular formula is C6H10N8S2. The topological polar surface area (TPSA) is 87.2 Å². The van der Waals surface area contributed by atoms with Crippen LogP contribution >= 0.6 is 23.7 Å². The molecule has 0 atom stereocenters. The normalized spacial score (nSPS) is 10.8. The third kappa shape index (κ3) is 3.17. The molecule has 0 aliphatic carbocycles. The van der Waals surface area contributed by atoms with E-state index >= 15 is 0 Å². The van der Waals surface area contributed by atoms with Crippen molar-refractivity contribution in [2.75, 3.05) is 11.5 Å². The third-order valence-electron chi connectivity index (χ3n) is 1.65. The Morgan fingerprint density at radius 1 is 1.25 bits per heavy atom. The van der Waals surface area contributed by atoms with Crippen molar-refractivity contribution in [2.45, 2.75) is 11.6 Å². The van der Waals surface area contributed by atoms with E-state index in [1.165, 1.54) is 0 Å². The number of tetrazole rings is 2. The summed E-state index contributed by atoms with van der Waals surface area (Å²) < 4.78 is 3.31. The van der Waals surface area contributed by atoms with E-state index in [0.717, 1.165) is 23.1 Å². The lowest BCUT2D eigenvalue weighted by molar-refractivity contribution is 0.664. The molecule has 0 saturated heterocycles. The number of thioether (sulfide) groups is 1. The van der Waals surface area contributed by atoms with Crippen molar-refractivity contribution < 1.29 is 0 Å². The van der Waals surface area contributed by atoms with Crippen LogP contribution in [-0.4, -0.2) is 51.3 Å². The first kappa shape index (κ1) is 11.3. The highest BCUT2D eigenvalue weighted by atomic mass is 32.2. The molecule has 86 valence electrons. The van der Waals surface area contributed by atoms with Gasteiger partial charge in [0.15, 0.2) is 6.33 Å². The maximum absolute atomic E-state index is 3.88. The number of aryl methyl sites for hydroxylation is 1. The van der Waals surface area contributed by atoms with Crippen LogP contribution < -0.4 is 0 Å². The highest BCUT2D eigenvalue weighted by Crippen LogP contribution is 2.15. The summed E-state index contributed by atoms with van der Waals surface area (Å²) in [7, 11) is 1.83. The number of hydrogen-bond donors (Lipinski definition) is 0. The van der Waals surface area contributed by atoms with Crippen molar-refractivity contribution in [3.63, 3.8) is 0 Å². The van der Waals surface area contributed by atoms with Gasteiger partial charge in [0.1, 0.15) is 0 Å². The van der Waals surface area contributed by atoms with E-state index in [9.17, 15) is 0 Å². The lowest BCUT2D eigenvalue weighted by atomic mass is 10.6. The Kier molecular flexibility index (Phi) is 4.10. The Morgan fingerprint density at radius 2 is 2.19 bits per heavy atom. The molecule has 0 aliphatic rings. The Balaban J connectivity index is 1.61. The van der Waals surface area contributed by atoms with E-state index in [1.807, 2.05) is 7.05 Å². The highest BCUT2D eigenvalue weighted by molar-refractivity contribution is 7.99. The fourth-order valence-electron chi connectivity index (χ4n) is 0.936. The fraction of sp³-hybridized carbons (Fsp3) is 0.667. The summed E-state index contributed by atoms with van der Waals surface area (Å²) in [6, 6.07) is 0. The molecule has 16 heavy (non-hydrogen) atoms. The van der Waals surface area contributed by atoms with Gasteiger partial charge in [-0.15, -0.1) is 10.2 Å². The van der Waals surface area contributed by atoms with Gasteiger partial charge in [-0.3, -0.25) is 0 Å². The van der Waals surface area contributed by atoms with E-state index in [1.54, 1.807) is 38.8 Å². The molecule has 2 rings (SSSR count). The SMILES string of the molecule is Cn1nnnc1SCCCSn1cnnn1. The smallest absolute Gasteiger partial charge is 0.209 e. The van der Waals surface area contributed by atoms with E-state index in [4.69, 9.17) is 0 Å². The van der Waals surface area contributed by atoms with Crippen LogP contribution in [0.1, 0.15) is 6.42 Å². The van der Waals surface area contributed by atoms with Gasteiger partial charge in [0, 0.05) is 18.6 Å². The molecule has 0 radical (unpaired) electrons. The van der Waals surface area contributed by atoms with E-state index in [0.29, 0.717) is 0 Å². The minimum Gasteiger partial charge on any atom is -0.224 e. The molecule has 2 aromatic rings. The largest absolute Gasteiger partial charge is 0.224 e. The van der Waals surface area contributed by atoms with Crippen molar-refractivity contribution in [1.82, 2.24) is 39.8 Å². The maximum Gasteiger partial charge on any atom is 0.209 e. The van der Waals surface area contributed by atoms with Crippen LogP contribution in [0, 0.1) is 0 Å². The average molecular weight is 258 g/mol. The molecule has 10 heteroatoms. The van der Waals surface area contributed by atoms with Gasteiger partial charge in [-0.05, 0) is 39.2 Å². The molecule has 0 fully saturated rings. The van der Waals surface area contributed by atoms with Gasteiger partial charge in [-0.1, -0.05) is 11.8 Å². The Morgan fingerprint density at radius 3 is 2.88 bits per heavy atom. The first-order chi connectivity index (χ1) is 7.86. The number of hydrogen-bond acceptors (Lipinski definition) is 8. The second kappa shape index (κ2) is 5.80. The van der Waals surface area contributed by atoms with Crippen molar-refractivity contribution >= 4 is 23.7 Å². The second-order valence-corrected chi connectivity index (χ2v) is 4.94. The lowest BCUT2D eigenvalue weighted by Crippen LogP contribution is -1.95. The first-order valence-corrected chi connectivity index (χ1v) is 6.50. The summed E-state index contributed by atoms with van der Waals surface area (Å²) >= 11 is 3.22. The standard InChI is InChI=1S/C6H10N8S2/c1-13-6(8-10-11-13)15-3-2-4-16-14-5-7-9-12-14/h5H,2-4H2,1H3. The Labute approximate surface area is 100 Å². The minimum absolute atomic E-state index is 0.840. The molecule has 8 nitrogen and oxygen atoms in total. The number of aromatic nitrogens is 8. The fourth-order valence-corrected chi connectivity index (χ4v) is 2.56. The van der Waals surface area contributed by atoms with Crippen molar-refractivity contribution in [3.05, 3.63) is 6.33 Å². The molecular weight excluding hydrogens is 248 g/mol. The first-order valence-electron chi connectivity index (χ1n) is 4.57. The predicted molar refractivity (Wildman–Crippen MR) is 59.8 cm³/mol. The quantitative estimate of drug-likeness (QED) is 0.523. The van der Waals surface area contributed by atoms with Gasteiger partial charge in [0.25, 0.3) is 0 Å². The lowest BCUT2D eigenvalue weighted by Gasteiger charge is -1.99. The molecule has 0 aromatic carbocycles. The summed E-state index contributed by atoms with van der Waals surface area (Å²) in [5.74, 6) is 1.94. The molecule has 0 saturated carbocycles. The van der Waals surface area contributed by atoms with Gasteiger partial charge in [-0.25, -0.2) is 4.68 Å². The summed E-state index contributed by atoms with van der Waals surface area (Å²) in [5, 5.41) is 22.9. The van der Waals surface area contributed by atoms with Crippen molar-refractivity contribution in [1.29, 1.82) is 0 Å². The summed E-state index contributed by atoms with van der Waals surface area (Å²) in [5.41, 5.74) is 0. The van der Waals surface area contributed by atoms with E-state index in [2.05, 4.69) is 31.1 Å². The molecule has 0 aliphatic heterocycles. The van der Waals surface area contributed by atoms with E-state index < -0.39 is 0 Å². The molecule has 0 unspecified atom stereocenters. The molecule has 0 N–H and O–H groups in total. The van der Waals surface area contributed by atoms with Crippen LogP contribution in [0.5, 0.6) is 0 Å². The number of rotatable bonds is 6. The zero-order valence-electron chi connectivity index (χ0n) is 8.59. The molecule has 2 heterocycles. The highest BCUT2D eigenvalue weighted by Gasteiger charge is 2.02. The third-order valence-corrected chi connectivity index (χ3v) is 3.65. The zero-order chi connectivity index (χ0) is 11.2. The molecule has 0 spiro atoms. The minimum atomic E-state index is 0.840. The predicted octanol–water partition coefficient (Wildman–Crippen LogP) is -0.125. The van der Waals surface area contributed by atoms with Crippen LogP contribution in [0.4, 0.5) is 0 Å². The average Bonchev–Trinajstić information content (AvgIpc) is 2.90. The summed E-state index contributed by atoms with van der Waals surface area (Å²) in [6.07, 6.45) is 2.63. The second-order valence-electron chi connectivity index (χ2n) is 2.83.